The number of carbonyl (C=O) groups is 1. The van der Waals surface area contributed by atoms with E-state index in [0.717, 1.165) is 11.1 Å². The molecule has 0 aliphatic carbocycles. The normalized spacial score (nSPS) is 11.7. The molecule has 1 atom stereocenters. The van der Waals surface area contributed by atoms with Crippen LogP contribution in [0.25, 0.3) is 0 Å². The lowest BCUT2D eigenvalue weighted by atomic mass is 10.1. The van der Waals surface area contributed by atoms with Gasteiger partial charge in [-0.3, -0.25) is 9.79 Å². The number of methoxy groups -OCH3 is 2. The van der Waals surface area contributed by atoms with Crippen LogP contribution in [0.5, 0.6) is 17.2 Å². The molecule has 0 heterocycles. The second-order valence-electron chi connectivity index (χ2n) is 6.85. The molecule has 6 nitrogen and oxygen atoms in total. The van der Waals surface area contributed by atoms with Gasteiger partial charge in [0, 0.05) is 12.3 Å². The second-order valence-corrected chi connectivity index (χ2v) is 6.85. The van der Waals surface area contributed by atoms with Gasteiger partial charge in [-0.25, -0.2) is 0 Å². The van der Waals surface area contributed by atoms with Gasteiger partial charge in [0.2, 0.25) is 0 Å². The Labute approximate surface area is 182 Å². The average Bonchev–Trinajstić information content (AvgIpc) is 2.82. The number of carbonyl (C=O) groups excluding carboxylic acids is 1. The zero-order valence-electron chi connectivity index (χ0n) is 17.9. The number of aliphatic imine (C=N–C) groups is 1. The van der Waals surface area contributed by atoms with Crippen LogP contribution in [0.15, 0.2) is 77.8 Å². The summed E-state index contributed by atoms with van der Waals surface area (Å²) in [5.74, 6) is 1.78. The Morgan fingerprint density at radius 3 is 2.35 bits per heavy atom. The first-order valence-corrected chi connectivity index (χ1v) is 9.92. The van der Waals surface area contributed by atoms with E-state index in [4.69, 9.17) is 14.2 Å². The molecule has 0 unspecified atom stereocenters. The largest absolute Gasteiger partial charge is 0.497 e. The fraction of sp³-hybridized carbons (Fsp3) is 0.200. The van der Waals surface area contributed by atoms with Crippen molar-refractivity contribution in [3.8, 4) is 17.2 Å². The number of nitrogens with zero attached hydrogens (tertiary/aromatic N) is 1. The molecule has 3 rings (SSSR count). The molecule has 0 saturated carbocycles. The van der Waals surface area contributed by atoms with Crippen LogP contribution in [0.2, 0.25) is 0 Å². The van der Waals surface area contributed by atoms with Crippen molar-refractivity contribution in [1.82, 2.24) is 5.32 Å². The summed E-state index contributed by atoms with van der Waals surface area (Å²) in [7, 11) is 3.20. The van der Waals surface area contributed by atoms with E-state index in [1.54, 1.807) is 38.6 Å². The molecule has 160 valence electrons. The number of hydrogen-bond donors (Lipinski definition) is 1. The summed E-state index contributed by atoms with van der Waals surface area (Å²) in [6.07, 6.45) is 1.74. The molecule has 6 heteroatoms. The number of amides is 1. The third-order valence-corrected chi connectivity index (χ3v) is 4.67. The first kappa shape index (κ1) is 21.9. The maximum Gasteiger partial charge on any atom is 0.258 e. The Balaban J connectivity index is 1.53. The highest BCUT2D eigenvalue weighted by molar-refractivity contribution is 5.83. The Hall–Kier alpha value is -3.80. The fourth-order valence-corrected chi connectivity index (χ4v) is 2.94. The SMILES string of the molecule is COc1ccc(N=Cc2ccc(OCC(=O)N[C@@H](C)c3ccccc3)cc2)c(OC)c1. The van der Waals surface area contributed by atoms with Gasteiger partial charge in [-0.2, -0.15) is 0 Å². The van der Waals surface area contributed by atoms with Gasteiger partial charge in [-0.15, -0.1) is 0 Å². The lowest BCUT2D eigenvalue weighted by Gasteiger charge is -2.14. The van der Waals surface area contributed by atoms with Crippen molar-refractivity contribution >= 4 is 17.8 Å². The molecule has 1 amide bonds. The van der Waals surface area contributed by atoms with Crippen molar-refractivity contribution in [2.24, 2.45) is 4.99 Å². The molecule has 0 aromatic heterocycles. The van der Waals surface area contributed by atoms with Crippen LogP contribution in [0.1, 0.15) is 24.1 Å². The van der Waals surface area contributed by atoms with Crippen molar-refractivity contribution in [2.45, 2.75) is 13.0 Å². The van der Waals surface area contributed by atoms with E-state index in [0.29, 0.717) is 22.9 Å². The highest BCUT2D eigenvalue weighted by Crippen LogP contribution is 2.31. The van der Waals surface area contributed by atoms with Crippen LogP contribution in [-0.4, -0.2) is 32.9 Å². The summed E-state index contributed by atoms with van der Waals surface area (Å²) in [6.45, 7) is 1.90. The minimum Gasteiger partial charge on any atom is -0.497 e. The van der Waals surface area contributed by atoms with Gasteiger partial charge < -0.3 is 19.5 Å². The summed E-state index contributed by atoms with van der Waals surface area (Å²) in [6, 6.07) is 22.5. The minimum atomic E-state index is -0.173. The highest BCUT2D eigenvalue weighted by Gasteiger charge is 2.09. The van der Waals surface area contributed by atoms with Gasteiger partial charge in [-0.1, -0.05) is 30.3 Å². The second kappa shape index (κ2) is 10.8. The van der Waals surface area contributed by atoms with Crippen LogP contribution in [-0.2, 0) is 4.79 Å². The highest BCUT2D eigenvalue weighted by atomic mass is 16.5. The van der Waals surface area contributed by atoms with Crippen LogP contribution in [0, 0.1) is 0 Å². The van der Waals surface area contributed by atoms with Gasteiger partial charge in [0.05, 0.1) is 20.3 Å². The van der Waals surface area contributed by atoms with E-state index < -0.39 is 0 Å². The van der Waals surface area contributed by atoms with Crippen molar-refractivity contribution < 1.29 is 19.0 Å². The van der Waals surface area contributed by atoms with Crippen molar-refractivity contribution in [2.75, 3.05) is 20.8 Å². The Morgan fingerprint density at radius 1 is 0.968 bits per heavy atom. The predicted molar refractivity (Wildman–Crippen MR) is 122 cm³/mol. The molecular formula is C25H26N2O4. The summed E-state index contributed by atoms with van der Waals surface area (Å²) in [5.41, 5.74) is 2.65. The molecule has 0 radical (unpaired) electrons. The molecule has 3 aromatic carbocycles. The monoisotopic (exact) mass is 418 g/mol. The minimum absolute atomic E-state index is 0.0480. The first-order chi connectivity index (χ1) is 15.1. The number of nitrogens with one attached hydrogen (secondary N) is 1. The molecular weight excluding hydrogens is 392 g/mol. The Bertz CT molecular complexity index is 1020. The Kier molecular flexibility index (Phi) is 7.65. The number of hydrogen-bond acceptors (Lipinski definition) is 5. The molecule has 0 aliphatic heterocycles. The van der Waals surface area contributed by atoms with Gasteiger partial charge in [0.15, 0.2) is 6.61 Å². The van der Waals surface area contributed by atoms with Crippen molar-refractivity contribution in [1.29, 1.82) is 0 Å². The maximum absolute atomic E-state index is 12.2. The smallest absolute Gasteiger partial charge is 0.258 e. The zero-order valence-corrected chi connectivity index (χ0v) is 17.9. The molecule has 0 aliphatic rings. The lowest BCUT2D eigenvalue weighted by molar-refractivity contribution is -0.123. The molecule has 3 aromatic rings. The number of rotatable bonds is 9. The molecule has 0 bridgehead atoms. The van der Waals surface area contributed by atoms with Gasteiger partial charge in [-0.05, 0) is 54.4 Å². The molecule has 1 N–H and O–H groups in total. The van der Waals surface area contributed by atoms with Crippen LogP contribution in [0.4, 0.5) is 5.69 Å². The summed E-state index contributed by atoms with van der Waals surface area (Å²) >= 11 is 0. The number of benzene rings is 3. The molecule has 0 saturated heterocycles. The lowest BCUT2D eigenvalue weighted by Crippen LogP contribution is -2.31. The number of ether oxygens (including phenoxy) is 3. The standard InChI is InChI=1S/C25H26N2O4/c1-18(20-7-5-4-6-8-20)27-25(28)17-31-21-11-9-19(10-12-21)16-26-23-14-13-22(29-2)15-24(23)30-3/h4-16,18H,17H2,1-3H3,(H,27,28)/t18-/m0/s1. The summed E-state index contributed by atoms with van der Waals surface area (Å²) in [5, 5.41) is 2.93. The zero-order chi connectivity index (χ0) is 22.1. The van der Waals surface area contributed by atoms with Crippen molar-refractivity contribution in [3.05, 3.63) is 83.9 Å². The summed E-state index contributed by atoms with van der Waals surface area (Å²) in [4.78, 5) is 16.6. The topological polar surface area (TPSA) is 69.2 Å². The van der Waals surface area contributed by atoms with Gasteiger partial charge in [0.1, 0.15) is 22.9 Å². The third kappa shape index (κ3) is 6.34. The Morgan fingerprint density at radius 2 is 1.68 bits per heavy atom. The fourth-order valence-electron chi connectivity index (χ4n) is 2.94. The van der Waals surface area contributed by atoms with Gasteiger partial charge >= 0.3 is 0 Å². The maximum atomic E-state index is 12.2. The van der Waals surface area contributed by atoms with Crippen molar-refractivity contribution in [3.63, 3.8) is 0 Å². The molecule has 0 spiro atoms. The van der Waals surface area contributed by atoms with E-state index in [-0.39, 0.29) is 18.6 Å². The van der Waals surface area contributed by atoms with Gasteiger partial charge in [0.25, 0.3) is 5.91 Å². The summed E-state index contributed by atoms with van der Waals surface area (Å²) < 4.78 is 16.1. The van der Waals surface area contributed by atoms with E-state index in [1.165, 1.54) is 0 Å². The van der Waals surface area contributed by atoms with E-state index in [9.17, 15) is 4.79 Å². The van der Waals surface area contributed by atoms with E-state index in [2.05, 4.69) is 10.3 Å². The van der Waals surface area contributed by atoms with Crippen LogP contribution in [0.3, 0.4) is 0 Å². The van der Waals surface area contributed by atoms with Crippen LogP contribution < -0.4 is 19.5 Å². The average molecular weight is 418 g/mol. The van der Waals surface area contributed by atoms with E-state index in [1.807, 2.05) is 61.5 Å². The molecule has 0 fully saturated rings. The first-order valence-electron chi connectivity index (χ1n) is 9.92. The van der Waals surface area contributed by atoms with E-state index >= 15 is 0 Å². The van der Waals surface area contributed by atoms with Crippen LogP contribution >= 0.6 is 0 Å². The predicted octanol–water partition coefficient (Wildman–Crippen LogP) is 4.71. The quantitative estimate of drug-likeness (QED) is 0.511. The molecule has 31 heavy (non-hydrogen) atoms. The third-order valence-electron chi connectivity index (χ3n) is 4.67.